The van der Waals surface area contributed by atoms with E-state index in [9.17, 15) is 5.11 Å². The van der Waals surface area contributed by atoms with E-state index in [0.717, 1.165) is 5.56 Å². The van der Waals surface area contributed by atoms with E-state index in [1.807, 2.05) is 12.1 Å². The molecule has 2 aromatic rings. The number of benzene rings is 2. The summed E-state index contributed by atoms with van der Waals surface area (Å²) in [5, 5.41) is 11.2. The molecule has 0 fully saturated rings. The molecule has 0 saturated carbocycles. The third-order valence-electron chi connectivity index (χ3n) is 2.84. The van der Waals surface area contributed by atoms with Crippen molar-refractivity contribution < 1.29 is 9.84 Å². The molecule has 20 heavy (non-hydrogen) atoms. The second kappa shape index (κ2) is 6.68. The van der Waals surface area contributed by atoms with E-state index >= 15 is 0 Å². The van der Waals surface area contributed by atoms with Gasteiger partial charge in [0.1, 0.15) is 12.4 Å². The third kappa shape index (κ3) is 3.58. The van der Waals surface area contributed by atoms with E-state index < -0.39 is 6.10 Å². The van der Waals surface area contributed by atoms with Crippen LogP contribution in [-0.2, 0) is 6.61 Å². The second-order valence-corrected chi connectivity index (χ2v) is 5.58. The zero-order valence-electron chi connectivity index (χ0n) is 10.7. The molecule has 0 aliphatic heterocycles. The first kappa shape index (κ1) is 15.5. The summed E-state index contributed by atoms with van der Waals surface area (Å²) in [4.78, 5) is 0. The summed E-state index contributed by atoms with van der Waals surface area (Å²) >= 11 is 18.0. The van der Waals surface area contributed by atoms with Gasteiger partial charge in [-0.15, -0.1) is 0 Å². The van der Waals surface area contributed by atoms with E-state index in [2.05, 4.69) is 0 Å². The third-order valence-corrected chi connectivity index (χ3v) is 3.93. The second-order valence-electron chi connectivity index (χ2n) is 4.36. The molecule has 0 heterocycles. The molecule has 0 aliphatic carbocycles. The zero-order chi connectivity index (χ0) is 14.7. The molecular formula is C15H13Cl3O2. The summed E-state index contributed by atoms with van der Waals surface area (Å²) in [6.07, 6.45) is -0.668. The molecule has 0 aliphatic rings. The smallest absolute Gasteiger partial charge is 0.125 e. The maximum absolute atomic E-state index is 9.74. The Hall–Kier alpha value is -0.930. The van der Waals surface area contributed by atoms with Crippen LogP contribution in [0.2, 0.25) is 15.1 Å². The van der Waals surface area contributed by atoms with Crippen LogP contribution in [0, 0.1) is 0 Å². The van der Waals surface area contributed by atoms with Crippen LogP contribution in [0.3, 0.4) is 0 Å². The molecule has 0 bridgehead atoms. The molecule has 0 unspecified atom stereocenters. The Kier molecular flexibility index (Phi) is 5.17. The largest absolute Gasteiger partial charge is 0.488 e. The molecule has 5 heteroatoms. The van der Waals surface area contributed by atoms with Crippen molar-refractivity contribution in [3.63, 3.8) is 0 Å². The van der Waals surface area contributed by atoms with Crippen LogP contribution in [0.15, 0.2) is 36.4 Å². The number of rotatable bonds is 4. The number of aliphatic hydroxyl groups excluding tert-OH is 1. The molecule has 0 aromatic heterocycles. The molecule has 1 N–H and O–H groups in total. The van der Waals surface area contributed by atoms with E-state index in [-0.39, 0.29) is 6.61 Å². The SMILES string of the molecule is C[C@H](O)c1cc(Cl)ccc1OCc1cccc(Cl)c1Cl. The lowest BCUT2D eigenvalue weighted by Gasteiger charge is -2.14. The number of hydrogen-bond acceptors (Lipinski definition) is 2. The number of ether oxygens (including phenoxy) is 1. The van der Waals surface area contributed by atoms with Crippen molar-refractivity contribution in [3.05, 3.63) is 62.6 Å². The lowest BCUT2D eigenvalue weighted by Crippen LogP contribution is -2.01. The highest BCUT2D eigenvalue weighted by molar-refractivity contribution is 6.42. The van der Waals surface area contributed by atoms with Crippen molar-refractivity contribution in [2.24, 2.45) is 0 Å². The summed E-state index contributed by atoms with van der Waals surface area (Å²) in [5.41, 5.74) is 1.42. The summed E-state index contributed by atoms with van der Waals surface area (Å²) in [5.74, 6) is 0.570. The van der Waals surface area contributed by atoms with E-state index in [1.165, 1.54) is 0 Å². The average Bonchev–Trinajstić information content (AvgIpc) is 2.41. The van der Waals surface area contributed by atoms with Crippen LogP contribution in [0.5, 0.6) is 5.75 Å². The summed E-state index contributed by atoms with van der Waals surface area (Å²) in [6.45, 7) is 1.92. The molecule has 106 valence electrons. The van der Waals surface area contributed by atoms with Gasteiger partial charge in [-0.25, -0.2) is 0 Å². The lowest BCUT2D eigenvalue weighted by molar-refractivity contribution is 0.190. The topological polar surface area (TPSA) is 29.5 Å². The average molecular weight is 332 g/mol. The fourth-order valence-corrected chi connectivity index (χ4v) is 2.35. The van der Waals surface area contributed by atoms with Crippen LogP contribution < -0.4 is 4.74 Å². The highest BCUT2D eigenvalue weighted by Gasteiger charge is 2.11. The number of halogens is 3. The van der Waals surface area contributed by atoms with Crippen LogP contribution in [0.25, 0.3) is 0 Å². The van der Waals surface area contributed by atoms with Crippen molar-refractivity contribution in [3.8, 4) is 5.75 Å². The first-order chi connectivity index (χ1) is 9.49. The molecule has 0 radical (unpaired) electrons. The highest BCUT2D eigenvalue weighted by Crippen LogP contribution is 2.31. The molecule has 2 nitrogen and oxygen atoms in total. The predicted octanol–water partition coefficient (Wildman–Crippen LogP) is 5.28. The van der Waals surface area contributed by atoms with Crippen molar-refractivity contribution >= 4 is 34.8 Å². The van der Waals surface area contributed by atoms with Crippen LogP contribution >= 0.6 is 34.8 Å². The van der Waals surface area contributed by atoms with Gasteiger partial charge in [-0.05, 0) is 31.2 Å². The Morgan fingerprint density at radius 2 is 1.90 bits per heavy atom. The van der Waals surface area contributed by atoms with E-state index in [4.69, 9.17) is 39.5 Å². The molecular weight excluding hydrogens is 319 g/mol. The van der Waals surface area contributed by atoms with Gasteiger partial charge >= 0.3 is 0 Å². The van der Waals surface area contributed by atoms with Crippen LogP contribution in [0.4, 0.5) is 0 Å². The Balaban J connectivity index is 2.21. The zero-order valence-corrected chi connectivity index (χ0v) is 13.0. The quantitative estimate of drug-likeness (QED) is 0.826. The fourth-order valence-electron chi connectivity index (χ4n) is 1.79. The Morgan fingerprint density at radius 1 is 1.15 bits per heavy atom. The first-order valence-electron chi connectivity index (χ1n) is 6.02. The fraction of sp³-hybridized carbons (Fsp3) is 0.200. The molecule has 0 spiro atoms. The normalized spacial score (nSPS) is 12.2. The van der Waals surface area contributed by atoms with E-state index in [1.54, 1.807) is 31.2 Å². The standard InChI is InChI=1S/C15H13Cl3O2/c1-9(19)12-7-11(16)5-6-14(12)20-8-10-3-2-4-13(17)15(10)18/h2-7,9,19H,8H2,1H3/t9-/m0/s1. The molecule has 0 saturated heterocycles. The highest BCUT2D eigenvalue weighted by atomic mass is 35.5. The number of aliphatic hydroxyl groups is 1. The van der Waals surface area contributed by atoms with Crippen molar-refractivity contribution in [1.82, 2.24) is 0 Å². The maximum atomic E-state index is 9.74. The Labute approximate surface area is 132 Å². The maximum Gasteiger partial charge on any atom is 0.125 e. The van der Waals surface area contributed by atoms with Gasteiger partial charge < -0.3 is 9.84 Å². The summed E-state index contributed by atoms with van der Waals surface area (Å²) in [7, 11) is 0. The minimum absolute atomic E-state index is 0.265. The van der Waals surface area contributed by atoms with Crippen molar-refractivity contribution in [2.75, 3.05) is 0 Å². The van der Waals surface area contributed by atoms with Gasteiger partial charge in [-0.2, -0.15) is 0 Å². The van der Waals surface area contributed by atoms with Gasteiger partial charge in [0, 0.05) is 16.1 Å². The van der Waals surface area contributed by atoms with Crippen molar-refractivity contribution in [2.45, 2.75) is 19.6 Å². The van der Waals surface area contributed by atoms with Gasteiger partial charge in [0.15, 0.2) is 0 Å². The molecule has 0 amide bonds. The summed E-state index contributed by atoms with van der Waals surface area (Å²) < 4.78 is 5.71. The van der Waals surface area contributed by atoms with Gasteiger partial charge in [0.2, 0.25) is 0 Å². The molecule has 2 aromatic carbocycles. The number of hydrogen-bond donors (Lipinski definition) is 1. The van der Waals surface area contributed by atoms with Gasteiger partial charge in [-0.3, -0.25) is 0 Å². The van der Waals surface area contributed by atoms with E-state index in [0.29, 0.717) is 26.4 Å². The predicted molar refractivity (Wildman–Crippen MR) is 82.9 cm³/mol. The van der Waals surface area contributed by atoms with Crippen LogP contribution in [0.1, 0.15) is 24.2 Å². The Morgan fingerprint density at radius 3 is 2.60 bits per heavy atom. The monoisotopic (exact) mass is 330 g/mol. The van der Waals surface area contributed by atoms with Gasteiger partial charge in [0.25, 0.3) is 0 Å². The van der Waals surface area contributed by atoms with Gasteiger partial charge in [-0.1, -0.05) is 46.9 Å². The first-order valence-corrected chi connectivity index (χ1v) is 7.15. The minimum Gasteiger partial charge on any atom is -0.488 e. The summed E-state index contributed by atoms with van der Waals surface area (Å²) in [6, 6.07) is 10.5. The molecule has 1 atom stereocenters. The minimum atomic E-state index is -0.668. The van der Waals surface area contributed by atoms with Gasteiger partial charge in [0.05, 0.1) is 16.1 Å². The molecule has 2 rings (SSSR count). The Bertz CT molecular complexity index is 612. The van der Waals surface area contributed by atoms with Crippen LogP contribution in [-0.4, -0.2) is 5.11 Å². The van der Waals surface area contributed by atoms with Crippen molar-refractivity contribution in [1.29, 1.82) is 0 Å². The lowest BCUT2D eigenvalue weighted by atomic mass is 10.1.